The number of quaternary nitrogens is 1. The number of alkyl halides is 1. The van der Waals surface area contributed by atoms with Crippen LogP contribution >= 0.6 is 82.5 Å². The van der Waals surface area contributed by atoms with Gasteiger partial charge in [-0.1, -0.05) is 71.1 Å². The summed E-state index contributed by atoms with van der Waals surface area (Å²) in [6.07, 6.45) is 6.23. The fourth-order valence-electron chi connectivity index (χ4n) is 5.39. The summed E-state index contributed by atoms with van der Waals surface area (Å²) in [4.78, 5) is 48.0. The van der Waals surface area contributed by atoms with Crippen molar-refractivity contribution >= 4 is 128 Å². The van der Waals surface area contributed by atoms with Crippen LogP contribution in [0.3, 0.4) is 0 Å². The summed E-state index contributed by atoms with van der Waals surface area (Å²) in [5.74, 6) is 12.4. The third kappa shape index (κ3) is 25.3. The van der Waals surface area contributed by atoms with E-state index in [1.54, 1.807) is 30.3 Å². The number of methoxy groups -OCH3 is 2. The molecule has 0 bridgehead atoms. The van der Waals surface area contributed by atoms with E-state index in [-0.39, 0.29) is 53.7 Å². The second kappa shape index (κ2) is 33.9. The SMILES string of the molecule is CI.COCC(=O)c1ccc(C)c(NN)c1.COCC(=O)c1ccc(C)c([NH3+])c1.Cc1ccc(C(=O)CC2CC2)cc1N.Cc1ccc(C(=O)CC2CC2)cc1NN.[Cl-].[I][V]([I])[I]. The van der Waals surface area contributed by atoms with E-state index < -0.39 is 0 Å². The number of aryl methyl sites for hydroxylation is 4. The van der Waals surface area contributed by atoms with Crippen LogP contribution in [0.1, 0.15) is 102 Å². The molecule has 12 nitrogen and oxygen atoms in total. The fraction of sp³-hybridized carbons (Fsp3) is 0.378. The Morgan fingerprint density at radius 2 is 0.921 bits per heavy atom. The number of hydrazine groups is 2. The second-order valence-corrected chi connectivity index (χ2v) is 50.0. The average Bonchev–Trinajstić information content (AvgIpc) is 4.20. The van der Waals surface area contributed by atoms with Gasteiger partial charge in [0, 0.05) is 66.6 Å². The Hall–Kier alpha value is -1.45. The number of hydrogen-bond acceptors (Lipinski definition) is 11. The van der Waals surface area contributed by atoms with E-state index in [0.717, 1.165) is 50.4 Å². The minimum absolute atomic E-state index is 0. The molecule has 0 spiro atoms. The summed E-state index contributed by atoms with van der Waals surface area (Å²) >= 11 is 9.54. The summed E-state index contributed by atoms with van der Waals surface area (Å²) < 4.78 is 9.52. The van der Waals surface area contributed by atoms with Gasteiger partial charge in [0.15, 0.2) is 23.1 Å². The molecule has 0 aromatic heterocycles. The van der Waals surface area contributed by atoms with Crippen molar-refractivity contribution in [1.82, 2.24) is 0 Å². The van der Waals surface area contributed by atoms with Gasteiger partial charge in [0.05, 0.1) is 11.4 Å². The number of hydrogen-bond donors (Lipinski definition) is 6. The first-order chi connectivity index (χ1) is 29.4. The standard InChI is InChI=1S/C12H16N2O.C12H15NO.C10H14N2O2.C10H13NO2.CH3I.ClH.3HI.V/c1-8-2-5-10(7-11(8)14-13)12(15)6-9-3-4-9;1-8-2-5-10(7-11(8)13)12(14)6-9-3-4-9;1-7-3-4-8(5-9(7)12-11)10(13)6-14-2;1-7-3-4-8(5-9(7)11)10(12)6-13-2;1-2;;;;;/h2,5,7,9,14H,3-4,6,13H2,1H3;2,5,7,9H,3-4,6,13H2,1H3;3-5,12H,6,11H2,1-2H3;3-5H,6,11H2,1-2H3;1H3;4*1H;/q;;;;;;;;;+3/p-3. The van der Waals surface area contributed by atoms with Crippen molar-refractivity contribution in [2.24, 2.45) is 23.5 Å². The monoisotopic (exact) mass is 1380 g/mol. The molecule has 2 fully saturated rings. The molecule has 2 aliphatic rings. The van der Waals surface area contributed by atoms with E-state index >= 15 is 0 Å². The van der Waals surface area contributed by atoms with Crippen molar-refractivity contribution in [3.63, 3.8) is 0 Å². The Morgan fingerprint density at radius 1 is 0.603 bits per heavy atom. The molecule has 18 heteroatoms. The number of benzene rings is 4. The topological polar surface area (TPSA) is 217 Å². The summed E-state index contributed by atoms with van der Waals surface area (Å²) in [6.45, 7) is 8.01. The van der Waals surface area contributed by atoms with Crippen LogP contribution < -0.4 is 46.4 Å². The van der Waals surface area contributed by atoms with E-state index in [9.17, 15) is 19.2 Å². The Balaban J connectivity index is 0.000000776. The number of rotatable bonds is 14. The molecular formula is C45H62ClI4N6O6V. The van der Waals surface area contributed by atoms with Crippen molar-refractivity contribution in [3.8, 4) is 0 Å². The number of carbonyl (C=O) groups is 4. The van der Waals surface area contributed by atoms with E-state index in [1.807, 2.05) is 75.1 Å². The van der Waals surface area contributed by atoms with Gasteiger partial charge in [-0.25, -0.2) is 0 Å². The van der Waals surface area contributed by atoms with Gasteiger partial charge in [0.25, 0.3) is 0 Å². The van der Waals surface area contributed by atoms with Crippen LogP contribution in [-0.4, -0.2) is 55.5 Å². The molecule has 0 atom stereocenters. The number of anilines is 3. The zero-order valence-electron chi connectivity index (χ0n) is 37.0. The van der Waals surface area contributed by atoms with Crippen LogP contribution in [0, 0.1) is 39.5 Å². The van der Waals surface area contributed by atoms with Crippen LogP contribution in [0.15, 0.2) is 72.8 Å². The van der Waals surface area contributed by atoms with Crippen LogP contribution in [0.2, 0.25) is 0 Å². The Labute approximate surface area is 431 Å². The molecular weight excluding hydrogens is 1310 g/mol. The van der Waals surface area contributed by atoms with Crippen LogP contribution in [-0.2, 0) is 14.4 Å². The van der Waals surface area contributed by atoms with Crippen molar-refractivity contribution < 1.29 is 51.7 Å². The number of halogens is 5. The minimum atomic E-state index is -0.278. The van der Waals surface area contributed by atoms with Gasteiger partial charge in [-0.15, -0.1) is 0 Å². The van der Waals surface area contributed by atoms with Gasteiger partial charge in [0.1, 0.15) is 18.9 Å². The molecule has 11 N–H and O–H groups in total. The molecule has 6 rings (SSSR count). The maximum atomic E-state index is 11.8. The molecule has 0 radical (unpaired) electrons. The number of nitrogens with two attached hydrogens (primary N) is 3. The van der Waals surface area contributed by atoms with Crippen LogP contribution in [0.25, 0.3) is 0 Å². The van der Waals surface area contributed by atoms with Crippen molar-refractivity contribution in [3.05, 3.63) is 117 Å². The van der Waals surface area contributed by atoms with Gasteiger partial charge < -0.3 is 44.2 Å². The Morgan fingerprint density at radius 3 is 1.24 bits per heavy atom. The van der Waals surface area contributed by atoms with Crippen molar-refractivity contribution in [2.45, 2.75) is 66.2 Å². The van der Waals surface area contributed by atoms with Crippen LogP contribution in [0.5, 0.6) is 0 Å². The summed E-state index contributed by atoms with van der Waals surface area (Å²) in [5.41, 5.74) is 24.9. The number of ether oxygens (including phenoxy) is 2. The molecule has 0 unspecified atom stereocenters. The van der Waals surface area contributed by atoms with Gasteiger partial charge >= 0.3 is 64.9 Å². The predicted octanol–water partition coefficient (Wildman–Crippen LogP) is 7.34. The Bertz CT molecular complexity index is 2060. The average molecular weight is 1380 g/mol. The molecule has 0 saturated heterocycles. The first-order valence-corrected chi connectivity index (χ1v) is 35.3. The third-order valence-corrected chi connectivity index (χ3v) is 9.60. The molecule has 348 valence electrons. The van der Waals surface area contributed by atoms with Crippen molar-refractivity contribution in [1.29, 1.82) is 0 Å². The van der Waals surface area contributed by atoms with E-state index in [4.69, 9.17) is 26.9 Å². The molecule has 2 saturated carbocycles. The van der Waals surface area contributed by atoms with Gasteiger partial charge in [-0.05, 0) is 105 Å². The number of nitrogens with one attached hydrogen (secondary N) is 2. The zero-order valence-corrected chi connectivity index (χ0v) is 47.7. The Kier molecular flexibility index (Phi) is 33.2. The molecule has 2 aliphatic carbocycles. The zero-order chi connectivity index (χ0) is 46.9. The molecule has 4 aromatic carbocycles. The van der Waals surface area contributed by atoms with Gasteiger partial charge in [-0.2, -0.15) is 0 Å². The summed E-state index contributed by atoms with van der Waals surface area (Å²) in [7, 11) is 3.01. The quantitative estimate of drug-likeness (QED) is 0.0183. The van der Waals surface area contributed by atoms with E-state index in [0.29, 0.717) is 41.5 Å². The van der Waals surface area contributed by atoms with E-state index in [1.165, 1.54) is 39.9 Å². The van der Waals surface area contributed by atoms with Gasteiger partial charge in [-0.3, -0.25) is 30.9 Å². The first kappa shape index (κ1) is 61.6. The number of Topliss-reactive ketones (excluding diaryl/α,β-unsaturated/α-hetero) is 4. The number of carbonyl (C=O) groups excluding carboxylic acids is 4. The predicted molar refractivity (Wildman–Crippen MR) is 285 cm³/mol. The number of ketones is 4. The first-order valence-electron chi connectivity index (χ1n) is 19.6. The molecule has 0 heterocycles. The molecule has 4 aromatic rings. The fourth-order valence-corrected chi connectivity index (χ4v) is 5.39. The van der Waals surface area contributed by atoms with Gasteiger partial charge in [0.2, 0.25) is 0 Å². The van der Waals surface area contributed by atoms with Crippen molar-refractivity contribution in [2.75, 3.05) is 48.9 Å². The molecule has 63 heavy (non-hydrogen) atoms. The molecule has 0 aliphatic heterocycles. The summed E-state index contributed by atoms with van der Waals surface area (Å²) in [6, 6.07) is 22.0. The number of nitrogen functional groups attached to an aromatic ring is 3. The van der Waals surface area contributed by atoms with E-state index in [2.05, 4.69) is 99.1 Å². The van der Waals surface area contributed by atoms with Crippen LogP contribution in [0.4, 0.5) is 22.7 Å². The maximum absolute atomic E-state index is 11.8. The third-order valence-electron chi connectivity index (χ3n) is 9.60. The normalized spacial score (nSPS) is 12.0. The second-order valence-electron chi connectivity index (χ2n) is 14.6. The molecule has 0 amide bonds. The summed E-state index contributed by atoms with van der Waals surface area (Å²) in [5, 5.41) is 0.